The summed E-state index contributed by atoms with van der Waals surface area (Å²) in [5.74, 6) is -2.08. The first-order chi connectivity index (χ1) is 36.2. The number of para-hydroxylation sites is 2. The molecular formula is C55H58F6N8O6S2. The number of alkyl halides is 6. The number of hydrogen-bond acceptors (Lipinski definition) is 10. The third kappa shape index (κ3) is 11.1. The van der Waals surface area contributed by atoms with E-state index in [1.165, 1.54) is 36.4 Å². The number of nitrogens with zero attached hydrogens (tertiary/aromatic N) is 6. The summed E-state index contributed by atoms with van der Waals surface area (Å²) in [6, 6.07) is 24.7. The van der Waals surface area contributed by atoms with E-state index in [9.17, 15) is 52.8 Å². The van der Waals surface area contributed by atoms with E-state index in [1.54, 1.807) is 0 Å². The summed E-state index contributed by atoms with van der Waals surface area (Å²) >= 11 is 0. The lowest BCUT2D eigenvalue weighted by Gasteiger charge is -2.26. The number of carbonyl (C=O) groups excluding carboxylic acids is 2. The SMILES string of the molecule is CCCN1/C(=C/C=C2\C(=O)N(c3ccc(S(=O)(=O)NCCCCCNS(=O)(=O)c4ccc(N5N=C(C(F)(F)F)/C(=C/C=C6/N(CCC)c7ccccc7C6(C)C)C5=O)cc4)cc3)N=C2C(F)(F)F)C(C)(C)c2ccccc21. The van der Waals surface area contributed by atoms with Crippen molar-refractivity contribution in [1.82, 2.24) is 9.44 Å². The average molecular weight is 1110 g/mol. The minimum Gasteiger partial charge on any atom is -0.344 e. The first-order valence-corrected chi connectivity index (χ1v) is 28.0. The van der Waals surface area contributed by atoms with Crippen LogP contribution in [0, 0.1) is 0 Å². The highest BCUT2D eigenvalue weighted by molar-refractivity contribution is 7.89. The molecule has 22 heteroatoms. The van der Waals surface area contributed by atoms with E-state index in [0.717, 1.165) is 71.8 Å². The molecule has 2 amide bonds. The normalized spacial score (nSPS) is 19.6. The Balaban J connectivity index is 0.841. The molecule has 0 spiro atoms. The number of sulfonamides is 2. The molecule has 408 valence electrons. The molecule has 0 bridgehead atoms. The number of allylic oxidation sites excluding steroid dienone is 6. The summed E-state index contributed by atoms with van der Waals surface area (Å²) < 4.78 is 144. The van der Waals surface area contributed by atoms with Crippen molar-refractivity contribution in [3.8, 4) is 0 Å². The molecule has 0 unspecified atom stereocenters. The topological polar surface area (TPSA) is 164 Å². The van der Waals surface area contributed by atoms with Crippen LogP contribution in [0.3, 0.4) is 0 Å². The Morgan fingerprint density at radius 3 is 1.21 bits per heavy atom. The van der Waals surface area contributed by atoms with E-state index in [-0.39, 0.29) is 47.1 Å². The average Bonchev–Trinajstić information content (AvgIpc) is 4.07. The number of nitrogens with one attached hydrogen (secondary N) is 2. The quantitative estimate of drug-likeness (QED) is 0.0565. The molecule has 77 heavy (non-hydrogen) atoms. The first kappa shape index (κ1) is 56.3. The van der Waals surface area contributed by atoms with Gasteiger partial charge in [-0.05, 0) is 122 Å². The zero-order valence-electron chi connectivity index (χ0n) is 43.1. The van der Waals surface area contributed by atoms with Gasteiger partial charge in [-0.2, -0.15) is 46.6 Å². The van der Waals surface area contributed by atoms with E-state index >= 15 is 0 Å². The largest absolute Gasteiger partial charge is 0.435 e. The van der Waals surface area contributed by atoms with E-state index in [4.69, 9.17) is 0 Å². The van der Waals surface area contributed by atoms with Crippen LogP contribution in [0.15, 0.2) is 164 Å². The predicted molar refractivity (Wildman–Crippen MR) is 286 cm³/mol. The van der Waals surface area contributed by atoms with E-state index in [2.05, 4.69) is 19.6 Å². The van der Waals surface area contributed by atoms with Crippen molar-refractivity contribution in [2.24, 2.45) is 10.2 Å². The van der Waals surface area contributed by atoms with E-state index in [0.29, 0.717) is 40.9 Å². The maximum absolute atomic E-state index is 14.4. The van der Waals surface area contributed by atoms with Crippen molar-refractivity contribution in [1.29, 1.82) is 0 Å². The Kier molecular flexibility index (Phi) is 15.7. The van der Waals surface area contributed by atoms with Crippen LogP contribution >= 0.6 is 0 Å². The maximum Gasteiger partial charge on any atom is 0.435 e. The molecule has 4 heterocycles. The lowest BCUT2D eigenvalue weighted by Crippen LogP contribution is -2.28. The molecule has 0 aliphatic carbocycles. The summed E-state index contributed by atoms with van der Waals surface area (Å²) in [7, 11) is -8.25. The second kappa shape index (κ2) is 21.5. The Labute approximate surface area is 444 Å². The smallest absolute Gasteiger partial charge is 0.344 e. The number of halogens is 6. The third-order valence-corrected chi connectivity index (χ3v) is 16.8. The van der Waals surface area contributed by atoms with Crippen LogP contribution < -0.4 is 29.3 Å². The number of fused-ring (bicyclic) bond motifs is 2. The number of hydrogen-bond donors (Lipinski definition) is 2. The lowest BCUT2D eigenvalue weighted by atomic mass is 9.83. The lowest BCUT2D eigenvalue weighted by molar-refractivity contribution is -0.115. The molecule has 4 aliphatic rings. The van der Waals surface area contributed by atoms with Crippen molar-refractivity contribution in [2.45, 2.75) is 107 Å². The summed E-state index contributed by atoms with van der Waals surface area (Å²) in [6.07, 6.45) is -2.17. The van der Waals surface area contributed by atoms with Gasteiger partial charge < -0.3 is 9.80 Å². The number of anilines is 4. The number of rotatable bonds is 18. The van der Waals surface area contributed by atoms with Crippen LogP contribution in [0.25, 0.3) is 0 Å². The van der Waals surface area contributed by atoms with Crippen LogP contribution in [0.5, 0.6) is 0 Å². The van der Waals surface area contributed by atoms with Gasteiger partial charge in [0.1, 0.15) is 0 Å². The number of hydrazone groups is 2. The fourth-order valence-electron chi connectivity index (χ4n) is 9.97. The van der Waals surface area contributed by atoms with Crippen molar-refractivity contribution in [3.63, 3.8) is 0 Å². The zero-order chi connectivity index (χ0) is 55.9. The zero-order valence-corrected chi connectivity index (χ0v) is 44.8. The van der Waals surface area contributed by atoms with Gasteiger partial charge >= 0.3 is 12.4 Å². The molecule has 14 nitrogen and oxygen atoms in total. The Hall–Kier alpha value is -6.88. The van der Waals surface area contributed by atoms with Gasteiger partial charge in [-0.1, -0.05) is 84.4 Å². The summed E-state index contributed by atoms with van der Waals surface area (Å²) in [5, 5.41) is 8.46. The number of unbranched alkanes of at least 4 members (excludes halogenated alkanes) is 2. The summed E-state index contributed by atoms with van der Waals surface area (Å²) in [4.78, 5) is 30.8. The molecule has 8 rings (SSSR count). The van der Waals surface area contributed by atoms with Gasteiger partial charge in [0.2, 0.25) is 20.0 Å². The molecule has 0 radical (unpaired) electrons. The molecule has 2 N–H and O–H groups in total. The minimum atomic E-state index is -4.98. The third-order valence-electron chi connectivity index (χ3n) is 13.8. The minimum absolute atomic E-state index is 0.0466. The van der Waals surface area contributed by atoms with Crippen molar-refractivity contribution < 1.29 is 52.8 Å². The van der Waals surface area contributed by atoms with Crippen LogP contribution in [0.2, 0.25) is 0 Å². The van der Waals surface area contributed by atoms with Gasteiger partial charge in [-0.3, -0.25) is 9.59 Å². The number of benzene rings is 4. The highest BCUT2D eigenvalue weighted by Crippen LogP contribution is 2.49. The van der Waals surface area contributed by atoms with Gasteiger partial charge in [-0.15, -0.1) is 0 Å². The second-order valence-electron chi connectivity index (χ2n) is 19.8. The molecular weight excluding hydrogens is 1050 g/mol. The van der Waals surface area contributed by atoms with Crippen molar-refractivity contribution in [2.75, 3.05) is 46.0 Å². The highest BCUT2D eigenvalue weighted by atomic mass is 32.2. The van der Waals surface area contributed by atoms with E-state index < -0.39 is 77.6 Å². The second-order valence-corrected chi connectivity index (χ2v) is 23.4. The standard InChI is InChI=1S/C55H58F6N8O6S2/c1-7-34-66-44-18-12-10-16-42(44)52(3,4)46(66)30-28-40-48(54(56,57)58)64-68(50(40)70)36-20-24-38(25-21-36)76(72,73)62-32-14-9-15-33-63-77(74,75)39-26-22-37(23-27-39)69-51(71)41(49(65-69)55(59,60)61)29-31-47-53(5,6)43-17-11-13-19-45(43)67(47)35-8-2/h10-13,16-31,62-63H,7-9,14-15,32-35H2,1-6H3/b40-28-,41-29-,46-30+,47-31+. The van der Waals surface area contributed by atoms with Crippen molar-refractivity contribution in [3.05, 3.63) is 155 Å². The maximum atomic E-state index is 14.4. The van der Waals surface area contributed by atoms with Gasteiger partial charge in [0.15, 0.2) is 11.4 Å². The van der Waals surface area contributed by atoms with Gasteiger partial charge in [0.25, 0.3) is 11.8 Å². The molecule has 0 fully saturated rings. The Morgan fingerprint density at radius 1 is 0.519 bits per heavy atom. The summed E-state index contributed by atoms with van der Waals surface area (Å²) in [6.45, 7) is 12.9. The Morgan fingerprint density at radius 2 is 0.870 bits per heavy atom. The fourth-order valence-corrected chi connectivity index (χ4v) is 12.1. The molecule has 0 saturated heterocycles. The van der Waals surface area contributed by atoms with E-state index in [1.807, 2.05) is 99.9 Å². The molecule has 0 saturated carbocycles. The number of amides is 2. The van der Waals surface area contributed by atoms with Crippen LogP contribution in [-0.2, 0) is 40.5 Å². The van der Waals surface area contributed by atoms with Gasteiger partial charge in [0, 0.05) is 59.8 Å². The van der Waals surface area contributed by atoms with Gasteiger partial charge in [0.05, 0.1) is 32.3 Å². The molecule has 0 atom stereocenters. The highest BCUT2D eigenvalue weighted by Gasteiger charge is 2.49. The van der Waals surface area contributed by atoms with Crippen LogP contribution in [-0.4, -0.2) is 78.6 Å². The summed E-state index contributed by atoms with van der Waals surface area (Å²) in [5.41, 5.74) is -0.153. The molecule has 4 aliphatic heterocycles. The molecule has 0 aromatic heterocycles. The number of carbonyl (C=O) groups is 2. The fraction of sp³-hybridized carbons (Fsp3) is 0.345. The van der Waals surface area contributed by atoms with Crippen LogP contribution in [0.1, 0.15) is 84.8 Å². The monoisotopic (exact) mass is 1100 g/mol. The van der Waals surface area contributed by atoms with Crippen LogP contribution in [0.4, 0.5) is 49.1 Å². The molecule has 4 aromatic carbocycles. The predicted octanol–water partition coefficient (Wildman–Crippen LogP) is 10.7. The Bertz CT molecular complexity index is 3160. The molecule has 4 aromatic rings. The van der Waals surface area contributed by atoms with Crippen molar-refractivity contribution >= 4 is 66.0 Å². The van der Waals surface area contributed by atoms with Gasteiger partial charge in [-0.25, -0.2) is 26.3 Å². The first-order valence-electron chi connectivity index (χ1n) is 25.0.